The van der Waals surface area contributed by atoms with Crippen molar-refractivity contribution in [3.8, 4) is 0 Å². The molecule has 0 spiro atoms. The van der Waals surface area contributed by atoms with Crippen molar-refractivity contribution in [3.05, 3.63) is 47.5 Å². The molecule has 0 amide bonds. The average molecular weight is 649 g/mol. The molecule has 17 heteroatoms. The number of carbonyl (C=O) groups is 6. The molecule has 0 saturated carbocycles. The number of carboxylic acid groups (broad SMARTS) is 2. The van der Waals surface area contributed by atoms with Crippen LogP contribution in [-0.2, 0) is 42.9 Å². The summed E-state index contributed by atoms with van der Waals surface area (Å²) in [7, 11) is 0. The number of carboxylic acids is 2. The minimum absolute atomic E-state index is 0.0278. The van der Waals surface area contributed by atoms with Crippen LogP contribution < -0.4 is 0 Å². The molecule has 1 aromatic rings. The maximum absolute atomic E-state index is 10.8. The first kappa shape index (κ1) is 43.0. The number of cyclic esters (lactones) is 4. The third-order valence-electron chi connectivity index (χ3n) is 4.45. The van der Waals surface area contributed by atoms with E-state index < -0.39 is 35.8 Å². The van der Waals surface area contributed by atoms with E-state index >= 15 is 0 Å². The van der Waals surface area contributed by atoms with Crippen LogP contribution in [-0.4, -0.2) is 133 Å². The topological polar surface area (TPSA) is 270 Å². The van der Waals surface area contributed by atoms with Gasteiger partial charge >= 0.3 is 35.8 Å². The van der Waals surface area contributed by atoms with Crippen LogP contribution in [0.15, 0.2) is 36.4 Å². The first-order valence-electron chi connectivity index (χ1n) is 13.4. The van der Waals surface area contributed by atoms with Crippen molar-refractivity contribution in [3.63, 3.8) is 0 Å². The lowest BCUT2D eigenvalue weighted by molar-refractivity contribution is -0.150. The molecule has 254 valence electrons. The van der Waals surface area contributed by atoms with E-state index in [1.165, 1.54) is 0 Å². The van der Waals surface area contributed by atoms with Crippen LogP contribution in [0.2, 0.25) is 0 Å². The molecule has 0 radical (unpaired) electrons. The number of hydrogen-bond donors (Lipinski definition) is 6. The molecule has 0 saturated heterocycles. The largest absolute Gasteiger partial charge is 0.481 e. The van der Waals surface area contributed by atoms with Gasteiger partial charge in [-0.15, -0.1) is 0 Å². The number of fused-ring (bicyclic) bond motifs is 1. The summed E-state index contributed by atoms with van der Waals surface area (Å²) in [5, 5.41) is 49.0. The van der Waals surface area contributed by atoms with Gasteiger partial charge in [0.15, 0.2) is 0 Å². The molecule has 2 aliphatic heterocycles. The third kappa shape index (κ3) is 27.2. The highest BCUT2D eigenvalue weighted by Gasteiger charge is 2.28. The first-order valence-corrected chi connectivity index (χ1v) is 13.4. The summed E-state index contributed by atoms with van der Waals surface area (Å²) in [6, 6.07) is 6.53. The zero-order valence-electron chi connectivity index (χ0n) is 24.5. The average Bonchev–Trinajstić information content (AvgIpc) is 3.54. The number of ether oxygens (including phenoxy) is 5. The number of hydrogen-bond acceptors (Lipinski definition) is 15. The van der Waals surface area contributed by atoms with Crippen molar-refractivity contribution >= 4 is 35.8 Å². The van der Waals surface area contributed by atoms with Crippen LogP contribution in [0.5, 0.6) is 0 Å². The predicted molar refractivity (Wildman–Crippen MR) is 151 cm³/mol. The van der Waals surface area contributed by atoms with Gasteiger partial charge in [0.05, 0.1) is 77.2 Å². The molecule has 0 fully saturated rings. The SMILES string of the molecule is O=C(O)CCCCC(=O)O.O=C1C=CC(=O)O1.O=C1OC(=O)c2ccccc21.OCCOCCO.OCCOCCOCCO. The molecular weight excluding hydrogens is 608 g/mol. The van der Waals surface area contributed by atoms with E-state index in [0.717, 1.165) is 12.2 Å². The Morgan fingerprint density at radius 2 is 0.889 bits per heavy atom. The number of aliphatic carboxylic acids is 2. The van der Waals surface area contributed by atoms with Gasteiger partial charge in [-0.05, 0) is 25.0 Å². The highest BCUT2D eigenvalue weighted by Crippen LogP contribution is 2.18. The van der Waals surface area contributed by atoms with E-state index in [0.29, 0.717) is 63.6 Å². The van der Waals surface area contributed by atoms with Gasteiger partial charge in [-0.2, -0.15) is 0 Å². The van der Waals surface area contributed by atoms with Gasteiger partial charge in [-0.1, -0.05) is 12.1 Å². The Balaban J connectivity index is 0. The fraction of sp³-hybridized carbons (Fsp3) is 0.500. The van der Waals surface area contributed by atoms with Crippen molar-refractivity contribution in [2.75, 3.05) is 66.1 Å². The number of carbonyl (C=O) groups excluding carboxylic acids is 4. The molecule has 2 aliphatic rings. The standard InChI is InChI=1S/C8H4O3.C6H14O4.C6H10O4.C4H2O3.C4H10O3/c9-7-5-3-1-2-4-6(5)8(10)11-7;7-1-3-9-5-6-10-4-2-8;7-5(8)3-1-2-4-6(9)10;5-3-1-2-4(6)7-3;5-1-3-7-4-2-6/h1-4H;7-8H,1-6H2;1-4H2,(H,7,8)(H,9,10);1-2H;5-6H,1-4H2. The third-order valence-corrected chi connectivity index (χ3v) is 4.45. The molecule has 2 heterocycles. The summed E-state index contributed by atoms with van der Waals surface area (Å²) >= 11 is 0. The number of aliphatic hydroxyl groups excluding tert-OH is 4. The normalized spacial score (nSPS) is 12.1. The molecule has 1 aromatic carbocycles. The molecular formula is C28H40O17. The molecule has 45 heavy (non-hydrogen) atoms. The molecule has 0 aromatic heterocycles. The van der Waals surface area contributed by atoms with Crippen molar-refractivity contribution in [2.24, 2.45) is 0 Å². The molecule has 0 aliphatic carbocycles. The zero-order chi connectivity index (χ0) is 34.3. The van der Waals surface area contributed by atoms with Gasteiger partial charge in [0, 0.05) is 25.0 Å². The van der Waals surface area contributed by atoms with E-state index in [1.807, 2.05) is 0 Å². The van der Waals surface area contributed by atoms with Crippen LogP contribution in [0, 0.1) is 0 Å². The molecule has 6 N–H and O–H groups in total. The van der Waals surface area contributed by atoms with Gasteiger partial charge in [-0.25, -0.2) is 19.2 Å². The Labute approximate surface area is 258 Å². The summed E-state index contributed by atoms with van der Waals surface area (Å²) in [6.07, 6.45) is 3.19. The molecule has 0 bridgehead atoms. The maximum Gasteiger partial charge on any atom is 0.346 e. The number of aliphatic hydroxyl groups is 4. The van der Waals surface area contributed by atoms with E-state index in [2.05, 4.69) is 14.2 Å². The Morgan fingerprint density at radius 1 is 0.556 bits per heavy atom. The minimum atomic E-state index is -0.870. The van der Waals surface area contributed by atoms with Gasteiger partial charge in [0.1, 0.15) is 0 Å². The van der Waals surface area contributed by atoms with Gasteiger partial charge in [0.2, 0.25) is 0 Å². The minimum Gasteiger partial charge on any atom is -0.481 e. The Kier molecular flexibility index (Phi) is 28.6. The van der Waals surface area contributed by atoms with Gasteiger partial charge < -0.3 is 54.3 Å². The summed E-state index contributed by atoms with van der Waals surface area (Å²) in [4.78, 5) is 61.3. The molecule has 3 rings (SSSR count). The summed E-state index contributed by atoms with van der Waals surface area (Å²) in [5.74, 6) is -4.00. The lowest BCUT2D eigenvalue weighted by atomic mass is 10.1. The van der Waals surface area contributed by atoms with Crippen molar-refractivity contribution in [1.82, 2.24) is 0 Å². The number of rotatable bonds is 16. The van der Waals surface area contributed by atoms with Crippen LogP contribution >= 0.6 is 0 Å². The lowest BCUT2D eigenvalue weighted by Gasteiger charge is -2.01. The van der Waals surface area contributed by atoms with Crippen LogP contribution in [0.25, 0.3) is 0 Å². The Bertz CT molecular complexity index is 961. The number of esters is 4. The quantitative estimate of drug-likeness (QED) is 0.0737. The van der Waals surface area contributed by atoms with E-state index in [4.69, 9.17) is 40.1 Å². The van der Waals surface area contributed by atoms with Crippen molar-refractivity contribution in [1.29, 1.82) is 0 Å². The Hall–Kier alpha value is -4.10. The fourth-order valence-corrected chi connectivity index (χ4v) is 2.57. The van der Waals surface area contributed by atoms with E-state index in [1.54, 1.807) is 24.3 Å². The number of unbranched alkanes of at least 4 members (excludes halogenated alkanes) is 1. The highest BCUT2D eigenvalue weighted by atomic mass is 16.6. The second-order valence-electron chi connectivity index (χ2n) is 8.02. The van der Waals surface area contributed by atoms with Crippen LogP contribution in [0.1, 0.15) is 46.4 Å². The molecule has 0 atom stereocenters. The summed E-state index contributed by atoms with van der Waals surface area (Å²) in [6.45, 7) is 2.42. The lowest BCUT2D eigenvalue weighted by Crippen LogP contribution is -2.09. The highest BCUT2D eigenvalue weighted by molar-refractivity contribution is 6.14. The van der Waals surface area contributed by atoms with Gasteiger partial charge in [0.25, 0.3) is 0 Å². The maximum atomic E-state index is 10.8. The second-order valence-corrected chi connectivity index (χ2v) is 8.02. The van der Waals surface area contributed by atoms with E-state index in [9.17, 15) is 28.8 Å². The van der Waals surface area contributed by atoms with Crippen molar-refractivity contribution < 1.29 is 83.1 Å². The Morgan fingerprint density at radius 3 is 1.16 bits per heavy atom. The van der Waals surface area contributed by atoms with Crippen LogP contribution in [0.4, 0.5) is 0 Å². The monoisotopic (exact) mass is 648 g/mol. The smallest absolute Gasteiger partial charge is 0.346 e. The molecule has 17 nitrogen and oxygen atoms in total. The van der Waals surface area contributed by atoms with Crippen molar-refractivity contribution in [2.45, 2.75) is 25.7 Å². The number of benzene rings is 1. The molecule has 0 unspecified atom stereocenters. The van der Waals surface area contributed by atoms with Gasteiger partial charge in [-0.3, -0.25) is 9.59 Å². The zero-order valence-corrected chi connectivity index (χ0v) is 24.5. The first-order chi connectivity index (χ1) is 21.5. The van der Waals surface area contributed by atoms with E-state index in [-0.39, 0.29) is 39.3 Å². The summed E-state index contributed by atoms with van der Waals surface area (Å²) < 4.78 is 22.7. The second kappa shape index (κ2) is 29.9. The summed E-state index contributed by atoms with van der Waals surface area (Å²) in [5.41, 5.74) is 0.718. The predicted octanol–water partition coefficient (Wildman–Crippen LogP) is -0.669. The van der Waals surface area contributed by atoms with Crippen LogP contribution in [0.3, 0.4) is 0 Å². The fourth-order valence-electron chi connectivity index (χ4n) is 2.57.